The molecule has 316 valence electrons. The molecule has 0 spiro atoms. The smallest absolute Gasteiger partial charge is 0.146 e. The lowest BCUT2D eigenvalue weighted by atomic mass is 9.79. The first-order valence-electron chi connectivity index (χ1n) is 23.7. The van der Waals surface area contributed by atoms with Gasteiger partial charge in [-0.15, -0.1) is 0 Å². The molecule has 8 aromatic rings. The summed E-state index contributed by atoms with van der Waals surface area (Å²) in [6.45, 7) is 0. The van der Waals surface area contributed by atoms with Crippen LogP contribution in [0.15, 0.2) is 169 Å². The van der Waals surface area contributed by atoms with E-state index in [1.165, 1.54) is 43.8 Å². The van der Waals surface area contributed by atoms with E-state index >= 15 is 0 Å². The molecule has 4 heterocycles. The zero-order chi connectivity index (χ0) is 43.3. The van der Waals surface area contributed by atoms with Gasteiger partial charge in [0.05, 0.1) is 33.5 Å². The second-order valence-corrected chi connectivity index (χ2v) is 18.8. The molecule has 0 radical (unpaired) electrons. The van der Waals surface area contributed by atoms with Crippen LogP contribution < -0.4 is 10.4 Å². The van der Waals surface area contributed by atoms with Crippen LogP contribution in [0, 0.1) is 11.8 Å². The average Bonchev–Trinajstić information content (AvgIpc) is 3.98. The van der Waals surface area contributed by atoms with Gasteiger partial charge in [-0.3, -0.25) is 8.80 Å². The summed E-state index contributed by atoms with van der Waals surface area (Å²) in [5, 5.41) is 2.70. The number of para-hydroxylation sites is 4. The summed E-state index contributed by atoms with van der Waals surface area (Å²) in [7, 11) is 0. The number of imidazole rings is 2. The Morgan fingerprint density at radius 2 is 1.21 bits per heavy atom. The molecule has 66 heavy (non-hydrogen) atoms. The van der Waals surface area contributed by atoms with Crippen LogP contribution in [0.5, 0.6) is 0 Å². The van der Waals surface area contributed by atoms with E-state index in [9.17, 15) is 0 Å². The Labute approximate surface area is 382 Å². The molecule has 4 aromatic heterocycles. The van der Waals surface area contributed by atoms with Crippen LogP contribution in [0.25, 0.3) is 74.6 Å². The van der Waals surface area contributed by atoms with Crippen molar-refractivity contribution in [3.8, 4) is 11.4 Å². The number of aromatic nitrogens is 6. The fraction of sp³-hybridized carbons (Fsp3) is 0.167. The van der Waals surface area contributed by atoms with Crippen LogP contribution in [0.3, 0.4) is 0 Å². The first-order valence-corrected chi connectivity index (χ1v) is 23.7. The molecule has 4 atom stereocenters. The number of hydrogen-bond donors (Lipinski definition) is 0. The van der Waals surface area contributed by atoms with Gasteiger partial charge in [0.1, 0.15) is 22.9 Å². The van der Waals surface area contributed by atoms with Crippen LogP contribution in [-0.4, -0.2) is 28.7 Å². The number of hydrogen-bond acceptors (Lipinski definition) is 4. The van der Waals surface area contributed by atoms with E-state index in [0.29, 0.717) is 5.92 Å². The fourth-order valence-corrected chi connectivity index (χ4v) is 11.5. The lowest BCUT2D eigenvalue weighted by molar-refractivity contribution is 0.707. The summed E-state index contributed by atoms with van der Waals surface area (Å²) in [6, 6.07) is 33.0. The summed E-state index contributed by atoms with van der Waals surface area (Å²) in [5.74, 6) is 3.01. The highest BCUT2D eigenvalue weighted by Gasteiger charge is 2.29. The van der Waals surface area contributed by atoms with E-state index in [1.54, 1.807) is 0 Å². The van der Waals surface area contributed by atoms with Crippen LogP contribution in [-0.2, 0) is 12.8 Å². The first-order chi connectivity index (χ1) is 32.7. The monoisotopic (exact) mass is 850 g/mol. The summed E-state index contributed by atoms with van der Waals surface area (Å²) < 4.78 is 4.62. The third-order valence-electron chi connectivity index (χ3n) is 14.9. The highest BCUT2D eigenvalue weighted by atomic mass is 15.1. The number of benzene rings is 4. The molecule has 0 saturated heterocycles. The zero-order valence-electron chi connectivity index (χ0n) is 36.6. The Morgan fingerprint density at radius 3 is 2.03 bits per heavy atom. The van der Waals surface area contributed by atoms with Gasteiger partial charge in [-0.1, -0.05) is 140 Å². The van der Waals surface area contributed by atoms with Gasteiger partial charge in [0, 0.05) is 45.9 Å². The second kappa shape index (κ2) is 14.9. The van der Waals surface area contributed by atoms with Crippen molar-refractivity contribution in [2.45, 2.75) is 50.4 Å². The highest BCUT2D eigenvalue weighted by molar-refractivity contribution is 5.88. The van der Waals surface area contributed by atoms with E-state index < -0.39 is 0 Å². The SMILES string of the molecule is C1=CC2=CC(C3C=Cc4nc(C5=CC(c6cccc(-c7nc8c(c9nc%10ccccc%10n79)CC(c7ccc9c(c7)=CCCC=9)C=C8)c6)CC=C5)n5c(nc6ccccc65)c4C3)=CCC2C=C1. The molecule has 0 fully saturated rings. The molecule has 6 aliphatic carbocycles. The largest absolute Gasteiger partial charge is 0.276 e. The molecule has 0 N–H and O–H groups in total. The van der Waals surface area contributed by atoms with E-state index in [4.69, 9.17) is 19.9 Å². The maximum Gasteiger partial charge on any atom is 0.146 e. The maximum atomic E-state index is 5.50. The van der Waals surface area contributed by atoms with Crippen molar-refractivity contribution in [2.24, 2.45) is 11.8 Å². The third-order valence-corrected chi connectivity index (χ3v) is 14.9. The van der Waals surface area contributed by atoms with Crippen molar-refractivity contribution in [3.63, 3.8) is 0 Å². The molecular weight excluding hydrogens is 805 g/mol. The Bertz CT molecular complexity index is 3800. The van der Waals surface area contributed by atoms with Crippen LogP contribution in [0.2, 0.25) is 0 Å². The molecule has 6 nitrogen and oxygen atoms in total. The summed E-state index contributed by atoms with van der Waals surface area (Å²) >= 11 is 0. The predicted molar refractivity (Wildman–Crippen MR) is 269 cm³/mol. The molecule has 4 aromatic carbocycles. The Balaban J connectivity index is 0.840. The Morgan fingerprint density at radius 1 is 0.500 bits per heavy atom. The fourth-order valence-electron chi connectivity index (χ4n) is 11.5. The zero-order valence-corrected chi connectivity index (χ0v) is 36.6. The minimum Gasteiger partial charge on any atom is -0.276 e. The van der Waals surface area contributed by atoms with E-state index in [0.717, 1.165) is 106 Å². The predicted octanol–water partition coefficient (Wildman–Crippen LogP) is 11.8. The lowest BCUT2D eigenvalue weighted by Crippen LogP contribution is -2.27. The van der Waals surface area contributed by atoms with Gasteiger partial charge in [0.25, 0.3) is 0 Å². The van der Waals surface area contributed by atoms with Crippen molar-refractivity contribution in [3.05, 3.63) is 219 Å². The molecule has 6 heteroatoms. The minimum atomic E-state index is 0.145. The lowest BCUT2D eigenvalue weighted by Gasteiger charge is -2.27. The van der Waals surface area contributed by atoms with Gasteiger partial charge in [-0.25, -0.2) is 19.9 Å². The average molecular weight is 851 g/mol. The molecule has 0 saturated carbocycles. The summed E-state index contributed by atoms with van der Waals surface area (Å²) in [5.41, 5.74) is 18.1. The summed E-state index contributed by atoms with van der Waals surface area (Å²) in [6.07, 6.45) is 40.6. The van der Waals surface area contributed by atoms with Crippen LogP contribution in [0.4, 0.5) is 0 Å². The minimum absolute atomic E-state index is 0.145. The van der Waals surface area contributed by atoms with Crippen LogP contribution in [0.1, 0.15) is 77.0 Å². The summed E-state index contributed by atoms with van der Waals surface area (Å²) in [4.78, 5) is 21.6. The van der Waals surface area contributed by atoms with E-state index in [-0.39, 0.29) is 17.8 Å². The van der Waals surface area contributed by atoms with Gasteiger partial charge < -0.3 is 0 Å². The molecule has 6 aliphatic rings. The molecule has 0 bridgehead atoms. The molecular formula is C60H46N6. The van der Waals surface area contributed by atoms with Crippen molar-refractivity contribution in [1.29, 1.82) is 0 Å². The highest BCUT2D eigenvalue weighted by Crippen LogP contribution is 2.40. The van der Waals surface area contributed by atoms with E-state index in [2.05, 4.69) is 191 Å². The second-order valence-electron chi connectivity index (χ2n) is 18.8. The third kappa shape index (κ3) is 6.08. The Hall–Kier alpha value is -7.70. The standard InChI is InChI=1S/C60H46N6/c1-3-13-39-31-43(25-23-37(39)11-1)45-27-29-51-49(35-45)59-63-53-19-5-7-21-55(53)65(59)57(61-51)47-17-9-15-41(33-47)42-16-10-18-48(34-42)58-62-52-30-28-46(44-26-24-38-12-2-4-14-40(38)32-44)36-50(52)60-64-54-20-6-8-22-56(54)66(58)60/h1,3,5-14,16-22,24-34,37,41,45-46H,2,4,15,23,35-36H2. The van der Waals surface area contributed by atoms with Gasteiger partial charge >= 0.3 is 0 Å². The number of rotatable bonds is 5. The quantitative estimate of drug-likeness (QED) is 0.173. The number of nitrogens with zero attached hydrogens (tertiary/aromatic N) is 6. The van der Waals surface area contributed by atoms with Gasteiger partial charge in [-0.05, 0) is 114 Å². The van der Waals surface area contributed by atoms with E-state index in [1.807, 2.05) is 0 Å². The van der Waals surface area contributed by atoms with Gasteiger partial charge in [0.2, 0.25) is 0 Å². The van der Waals surface area contributed by atoms with Crippen molar-refractivity contribution >= 4 is 63.2 Å². The molecule has 14 rings (SSSR count). The van der Waals surface area contributed by atoms with Crippen molar-refractivity contribution in [2.75, 3.05) is 0 Å². The van der Waals surface area contributed by atoms with Crippen molar-refractivity contribution < 1.29 is 0 Å². The van der Waals surface area contributed by atoms with Crippen molar-refractivity contribution in [1.82, 2.24) is 28.7 Å². The van der Waals surface area contributed by atoms with Gasteiger partial charge in [0.15, 0.2) is 0 Å². The molecule has 0 aliphatic heterocycles. The Kier molecular flexibility index (Phi) is 8.52. The number of allylic oxidation sites excluding steroid dienone is 14. The number of fused-ring (bicyclic) bond motifs is 12. The van der Waals surface area contributed by atoms with Gasteiger partial charge in [-0.2, -0.15) is 0 Å². The normalized spacial score (nSPS) is 21.5. The first kappa shape index (κ1) is 37.7. The van der Waals surface area contributed by atoms with Crippen LogP contribution >= 0.6 is 0 Å². The molecule has 4 unspecified atom stereocenters. The molecule has 0 amide bonds. The maximum absolute atomic E-state index is 5.50. The topological polar surface area (TPSA) is 60.4 Å².